The summed E-state index contributed by atoms with van der Waals surface area (Å²) in [6, 6.07) is 9.32. The molecule has 4 nitrogen and oxygen atoms in total. The molecule has 1 N–H and O–H groups in total. The summed E-state index contributed by atoms with van der Waals surface area (Å²) in [7, 11) is 1.26. The lowest BCUT2D eigenvalue weighted by Crippen LogP contribution is -2.39. The Morgan fingerprint density at radius 3 is 2.42 bits per heavy atom. The summed E-state index contributed by atoms with van der Waals surface area (Å²) >= 11 is 0. The predicted molar refractivity (Wildman–Crippen MR) is 69.5 cm³/mol. The van der Waals surface area contributed by atoms with Crippen LogP contribution in [0.1, 0.15) is 25.3 Å². The summed E-state index contributed by atoms with van der Waals surface area (Å²) in [5.74, 6) is -1.74. The van der Waals surface area contributed by atoms with Gasteiger partial charge < -0.3 is 9.84 Å². The van der Waals surface area contributed by atoms with Crippen LogP contribution in [-0.2, 0) is 14.3 Å². The lowest BCUT2D eigenvalue weighted by atomic mass is 9.73. The molecule has 1 aliphatic carbocycles. The number of esters is 1. The Bertz CT molecular complexity index is 496. The molecular weight excluding hydrogens is 244 g/mol. The molecule has 0 saturated heterocycles. The lowest BCUT2D eigenvalue weighted by Gasteiger charge is -2.29. The van der Waals surface area contributed by atoms with Crippen LogP contribution in [0.15, 0.2) is 30.3 Å². The Hall–Kier alpha value is -1.68. The molecule has 1 fully saturated rings. The van der Waals surface area contributed by atoms with Gasteiger partial charge in [-0.05, 0) is 18.4 Å². The lowest BCUT2D eigenvalue weighted by molar-refractivity contribution is -0.157. The first-order chi connectivity index (χ1) is 8.94. The third kappa shape index (κ3) is 1.87. The van der Waals surface area contributed by atoms with Gasteiger partial charge in [0.2, 0.25) is 0 Å². The molecule has 1 aromatic rings. The van der Waals surface area contributed by atoms with Gasteiger partial charge in [0.05, 0.1) is 7.11 Å². The second kappa shape index (κ2) is 4.78. The van der Waals surface area contributed by atoms with Crippen LogP contribution in [-0.4, -0.2) is 30.1 Å². The number of benzene rings is 1. The summed E-state index contributed by atoms with van der Waals surface area (Å²) in [6.45, 7) is 3.35. The van der Waals surface area contributed by atoms with Gasteiger partial charge in [-0.3, -0.25) is 9.59 Å². The van der Waals surface area contributed by atoms with Gasteiger partial charge >= 0.3 is 5.97 Å². The maximum absolute atomic E-state index is 12.3. The third-order valence-corrected chi connectivity index (χ3v) is 4.19. The number of carbonyl (C=O) groups excluding carboxylic acids is 2. The van der Waals surface area contributed by atoms with Crippen molar-refractivity contribution in [1.82, 2.24) is 0 Å². The minimum Gasteiger partial charge on any atom is -0.468 e. The minimum absolute atomic E-state index is 0.320. The first-order valence-electron chi connectivity index (χ1n) is 6.30. The van der Waals surface area contributed by atoms with E-state index in [9.17, 15) is 14.7 Å². The minimum atomic E-state index is -1.32. The average molecular weight is 262 g/mol. The van der Waals surface area contributed by atoms with Gasteiger partial charge in [0.15, 0.2) is 5.78 Å². The van der Waals surface area contributed by atoms with Gasteiger partial charge in [-0.25, -0.2) is 0 Å². The molecule has 4 atom stereocenters. The zero-order valence-electron chi connectivity index (χ0n) is 11.3. The second-order valence-electron chi connectivity index (χ2n) is 5.25. The van der Waals surface area contributed by atoms with Gasteiger partial charge in [-0.1, -0.05) is 37.3 Å². The molecule has 0 aromatic heterocycles. The Labute approximate surface area is 112 Å². The van der Waals surface area contributed by atoms with Gasteiger partial charge in [0.1, 0.15) is 11.5 Å². The molecule has 1 saturated carbocycles. The van der Waals surface area contributed by atoms with Crippen molar-refractivity contribution in [3.63, 3.8) is 0 Å². The fourth-order valence-corrected chi connectivity index (χ4v) is 3.14. The molecule has 0 aliphatic heterocycles. The number of rotatable bonds is 2. The smallest absolute Gasteiger partial charge is 0.319 e. The maximum Gasteiger partial charge on any atom is 0.319 e. The topological polar surface area (TPSA) is 63.6 Å². The third-order valence-electron chi connectivity index (χ3n) is 4.19. The monoisotopic (exact) mass is 262 g/mol. The van der Waals surface area contributed by atoms with Gasteiger partial charge in [0, 0.05) is 5.92 Å². The predicted octanol–water partition coefficient (Wildman–Crippen LogP) is 1.53. The van der Waals surface area contributed by atoms with E-state index in [1.54, 1.807) is 13.8 Å². The summed E-state index contributed by atoms with van der Waals surface area (Å²) < 4.78 is 4.79. The fourth-order valence-electron chi connectivity index (χ4n) is 3.14. The second-order valence-corrected chi connectivity index (χ2v) is 5.25. The van der Waals surface area contributed by atoms with Crippen molar-refractivity contribution in [2.45, 2.75) is 25.9 Å². The molecule has 2 rings (SSSR count). The molecule has 1 aromatic carbocycles. The first-order valence-corrected chi connectivity index (χ1v) is 6.30. The van der Waals surface area contributed by atoms with Crippen LogP contribution in [0.5, 0.6) is 0 Å². The van der Waals surface area contributed by atoms with Gasteiger partial charge in [0.25, 0.3) is 0 Å². The van der Waals surface area contributed by atoms with Gasteiger partial charge in [-0.2, -0.15) is 0 Å². The number of aliphatic hydroxyl groups excluding tert-OH is 1. The van der Waals surface area contributed by atoms with E-state index in [0.29, 0.717) is 0 Å². The Morgan fingerprint density at radius 1 is 1.32 bits per heavy atom. The summed E-state index contributed by atoms with van der Waals surface area (Å²) in [6.07, 6.45) is -1.13. The van der Waals surface area contributed by atoms with E-state index in [4.69, 9.17) is 4.74 Å². The molecule has 1 aliphatic rings. The van der Waals surface area contributed by atoms with Crippen LogP contribution < -0.4 is 0 Å². The number of ketones is 1. The highest BCUT2D eigenvalue weighted by atomic mass is 16.5. The van der Waals surface area contributed by atoms with E-state index < -0.39 is 23.3 Å². The molecule has 0 amide bonds. The van der Waals surface area contributed by atoms with Gasteiger partial charge in [-0.15, -0.1) is 0 Å². The number of carbonyl (C=O) groups is 2. The first kappa shape index (κ1) is 13.7. The van der Waals surface area contributed by atoms with Crippen molar-refractivity contribution >= 4 is 11.8 Å². The standard InChI is InChI=1S/C15H18O4/c1-9-11(10-7-5-4-6-8-10)15(2,14(18)19-3)13(17)12(9)16/h4-9,11-12,16H,1-3H3. The Balaban J connectivity index is 2.55. The van der Waals surface area contributed by atoms with E-state index in [1.807, 2.05) is 30.3 Å². The van der Waals surface area contributed by atoms with Crippen LogP contribution in [0.4, 0.5) is 0 Å². The normalized spacial score (nSPS) is 34.3. The van der Waals surface area contributed by atoms with E-state index >= 15 is 0 Å². The van der Waals surface area contributed by atoms with Crippen molar-refractivity contribution in [1.29, 1.82) is 0 Å². The average Bonchev–Trinajstić information content (AvgIpc) is 2.61. The van der Waals surface area contributed by atoms with Crippen LogP contribution in [0.25, 0.3) is 0 Å². The zero-order valence-corrected chi connectivity index (χ0v) is 11.3. The largest absolute Gasteiger partial charge is 0.468 e. The maximum atomic E-state index is 12.3. The molecular formula is C15H18O4. The Kier molecular flexibility index (Phi) is 3.45. The number of ether oxygens (including phenoxy) is 1. The summed E-state index contributed by atoms with van der Waals surface area (Å²) in [5.41, 5.74) is -0.456. The summed E-state index contributed by atoms with van der Waals surface area (Å²) in [4.78, 5) is 24.3. The van der Waals surface area contributed by atoms with Crippen molar-refractivity contribution in [2.75, 3.05) is 7.11 Å². The quantitative estimate of drug-likeness (QED) is 0.648. The molecule has 4 unspecified atom stereocenters. The highest BCUT2D eigenvalue weighted by molar-refractivity contribution is 6.08. The number of Topliss-reactive ketones (excluding diaryl/α,β-unsaturated/α-hetero) is 1. The molecule has 0 bridgehead atoms. The molecule has 19 heavy (non-hydrogen) atoms. The van der Waals surface area contributed by atoms with Crippen LogP contribution >= 0.6 is 0 Å². The van der Waals surface area contributed by atoms with Crippen molar-refractivity contribution < 1.29 is 19.4 Å². The number of aliphatic hydroxyl groups is 1. The number of hydrogen-bond acceptors (Lipinski definition) is 4. The van der Waals surface area contributed by atoms with Crippen LogP contribution in [0.3, 0.4) is 0 Å². The molecule has 0 spiro atoms. The molecule has 0 radical (unpaired) electrons. The summed E-state index contributed by atoms with van der Waals surface area (Å²) in [5, 5.41) is 10.0. The highest BCUT2D eigenvalue weighted by Gasteiger charge is 2.61. The molecule has 4 heteroatoms. The van der Waals surface area contributed by atoms with Crippen LogP contribution in [0, 0.1) is 11.3 Å². The van der Waals surface area contributed by atoms with E-state index in [1.165, 1.54) is 7.11 Å². The fraction of sp³-hybridized carbons (Fsp3) is 0.467. The molecule has 0 heterocycles. The Morgan fingerprint density at radius 2 is 1.89 bits per heavy atom. The molecule has 102 valence electrons. The van der Waals surface area contributed by atoms with Crippen molar-refractivity contribution in [3.05, 3.63) is 35.9 Å². The van der Waals surface area contributed by atoms with E-state index in [2.05, 4.69) is 0 Å². The SMILES string of the molecule is COC(=O)C1(C)C(=O)C(O)C(C)C1c1ccccc1. The number of methoxy groups -OCH3 is 1. The zero-order chi connectivity index (χ0) is 14.2. The van der Waals surface area contributed by atoms with Crippen molar-refractivity contribution in [3.8, 4) is 0 Å². The van der Waals surface area contributed by atoms with Crippen LogP contribution in [0.2, 0.25) is 0 Å². The van der Waals surface area contributed by atoms with Crippen molar-refractivity contribution in [2.24, 2.45) is 11.3 Å². The van der Waals surface area contributed by atoms with E-state index in [-0.39, 0.29) is 11.8 Å². The van der Waals surface area contributed by atoms with E-state index in [0.717, 1.165) is 5.56 Å². The highest BCUT2D eigenvalue weighted by Crippen LogP contribution is 2.50. The number of hydrogen-bond donors (Lipinski definition) is 1.